The van der Waals surface area contributed by atoms with E-state index in [9.17, 15) is 9.59 Å². The second kappa shape index (κ2) is 8.04. The Kier molecular flexibility index (Phi) is 5.56. The van der Waals surface area contributed by atoms with Gasteiger partial charge in [0.25, 0.3) is 0 Å². The predicted molar refractivity (Wildman–Crippen MR) is 121 cm³/mol. The third-order valence-electron chi connectivity index (χ3n) is 6.05. The van der Waals surface area contributed by atoms with E-state index in [2.05, 4.69) is 13.8 Å². The maximum atomic E-state index is 13.5. The smallest absolute Gasteiger partial charge is 0.232 e. The van der Waals surface area contributed by atoms with Gasteiger partial charge in [0.1, 0.15) is 0 Å². The highest BCUT2D eigenvalue weighted by atomic mass is 35.5. The molecule has 1 atom stereocenters. The van der Waals surface area contributed by atoms with Gasteiger partial charge in [0.15, 0.2) is 17.3 Å². The zero-order valence-electron chi connectivity index (χ0n) is 18.2. The van der Waals surface area contributed by atoms with Crippen LogP contribution < -0.4 is 14.4 Å². The van der Waals surface area contributed by atoms with E-state index < -0.39 is 5.92 Å². The molecular formula is C25H26ClNO4. The zero-order chi connectivity index (χ0) is 22.3. The summed E-state index contributed by atoms with van der Waals surface area (Å²) in [5.41, 5.74) is 2.56. The number of hydrogen-bond acceptors (Lipinski definition) is 4. The number of allylic oxidation sites excluding steroid dienone is 2. The van der Waals surface area contributed by atoms with Crippen molar-refractivity contribution in [2.24, 2.45) is 5.41 Å². The number of anilines is 1. The Morgan fingerprint density at radius 2 is 1.74 bits per heavy atom. The molecule has 0 unspecified atom stereocenters. The standard InChI is InChI=1S/C25H26ClNO4/c1-25(2)13-19-23(20(28)14-25)16(15-8-7-11-21(30-3)24(15)31-4)12-22(29)27(19)18-10-6-5-9-17(18)26/h5-11,16H,12-14H2,1-4H3/t16-/m0/s1. The fraction of sp³-hybridized carbons (Fsp3) is 0.360. The molecule has 162 valence electrons. The number of amides is 1. The molecule has 0 spiro atoms. The fourth-order valence-electron chi connectivity index (χ4n) is 4.78. The molecule has 1 amide bonds. The summed E-state index contributed by atoms with van der Waals surface area (Å²) < 4.78 is 11.1. The van der Waals surface area contributed by atoms with Crippen molar-refractivity contribution < 1.29 is 19.1 Å². The average molecular weight is 440 g/mol. The summed E-state index contributed by atoms with van der Waals surface area (Å²) in [6.07, 6.45) is 1.19. The largest absolute Gasteiger partial charge is 0.493 e. The Morgan fingerprint density at radius 3 is 2.42 bits per heavy atom. The molecule has 1 aliphatic heterocycles. The van der Waals surface area contributed by atoms with Crippen molar-refractivity contribution in [2.45, 2.75) is 39.0 Å². The molecule has 0 saturated carbocycles. The number of carbonyl (C=O) groups is 2. The van der Waals surface area contributed by atoms with Gasteiger partial charge < -0.3 is 9.47 Å². The number of nitrogens with zero attached hydrogens (tertiary/aromatic N) is 1. The molecule has 6 heteroatoms. The van der Waals surface area contributed by atoms with Crippen LogP contribution in [-0.4, -0.2) is 25.9 Å². The Labute approximate surface area is 187 Å². The van der Waals surface area contributed by atoms with Crippen molar-refractivity contribution in [3.63, 3.8) is 0 Å². The number of ether oxygens (including phenoxy) is 2. The lowest BCUT2D eigenvalue weighted by Crippen LogP contribution is -2.43. The van der Waals surface area contributed by atoms with E-state index in [1.807, 2.05) is 36.4 Å². The normalized spacial score (nSPS) is 20.5. The minimum Gasteiger partial charge on any atom is -0.493 e. The first-order valence-electron chi connectivity index (χ1n) is 10.3. The van der Waals surface area contributed by atoms with E-state index in [0.717, 1.165) is 11.3 Å². The van der Waals surface area contributed by atoms with E-state index in [4.69, 9.17) is 21.1 Å². The molecule has 2 aromatic carbocycles. The van der Waals surface area contributed by atoms with Crippen molar-refractivity contribution in [1.82, 2.24) is 0 Å². The number of hydrogen-bond donors (Lipinski definition) is 0. The molecule has 1 aliphatic carbocycles. The number of carbonyl (C=O) groups excluding carboxylic acids is 2. The third-order valence-corrected chi connectivity index (χ3v) is 6.36. The lowest BCUT2D eigenvalue weighted by Gasteiger charge is -2.43. The molecule has 0 radical (unpaired) electrons. The summed E-state index contributed by atoms with van der Waals surface area (Å²) >= 11 is 6.46. The Balaban J connectivity index is 1.95. The van der Waals surface area contributed by atoms with Gasteiger partial charge in [0, 0.05) is 35.6 Å². The van der Waals surface area contributed by atoms with E-state index in [1.54, 1.807) is 25.2 Å². The molecule has 0 fully saturated rings. The number of ketones is 1. The average Bonchev–Trinajstić information content (AvgIpc) is 2.72. The Bertz CT molecular complexity index is 1090. The number of halogens is 1. The van der Waals surface area contributed by atoms with Gasteiger partial charge >= 0.3 is 0 Å². The molecule has 2 aromatic rings. The molecule has 0 saturated heterocycles. The first kappa shape index (κ1) is 21.4. The van der Waals surface area contributed by atoms with Crippen LogP contribution in [0.1, 0.15) is 44.6 Å². The first-order chi connectivity index (χ1) is 14.8. The van der Waals surface area contributed by atoms with Crippen LogP contribution in [0.15, 0.2) is 53.7 Å². The van der Waals surface area contributed by atoms with E-state index in [-0.39, 0.29) is 23.5 Å². The molecule has 0 N–H and O–H groups in total. The van der Waals surface area contributed by atoms with Gasteiger partial charge in [-0.25, -0.2) is 0 Å². The van der Waals surface area contributed by atoms with Crippen molar-refractivity contribution in [2.75, 3.05) is 19.1 Å². The summed E-state index contributed by atoms with van der Waals surface area (Å²) in [7, 11) is 3.15. The fourth-order valence-corrected chi connectivity index (χ4v) is 5.00. The van der Waals surface area contributed by atoms with E-state index >= 15 is 0 Å². The monoisotopic (exact) mass is 439 g/mol. The quantitative estimate of drug-likeness (QED) is 0.629. The van der Waals surface area contributed by atoms with Crippen LogP contribution in [0.25, 0.3) is 0 Å². The van der Waals surface area contributed by atoms with Crippen molar-refractivity contribution in [3.8, 4) is 11.5 Å². The van der Waals surface area contributed by atoms with Crippen LogP contribution in [0, 0.1) is 5.41 Å². The number of methoxy groups -OCH3 is 2. The van der Waals surface area contributed by atoms with Crippen molar-refractivity contribution in [3.05, 3.63) is 64.3 Å². The van der Waals surface area contributed by atoms with E-state index in [0.29, 0.717) is 40.6 Å². The van der Waals surface area contributed by atoms with Crippen LogP contribution in [0.5, 0.6) is 11.5 Å². The highest BCUT2D eigenvalue weighted by Crippen LogP contribution is 2.51. The van der Waals surface area contributed by atoms with Gasteiger partial charge in [0.05, 0.1) is 24.9 Å². The maximum Gasteiger partial charge on any atom is 0.232 e. The molecule has 2 aliphatic rings. The Hall–Kier alpha value is -2.79. The van der Waals surface area contributed by atoms with Crippen LogP contribution in [0.3, 0.4) is 0 Å². The molecule has 4 rings (SSSR count). The highest BCUT2D eigenvalue weighted by Gasteiger charge is 2.45. The number of benzene rings is 2. The lowest BCUT2D eigenvalue weighted by molar-refractivity contribution is -0.121. The summed E-state index contributed by atoms with van der Waals surface area (Å²) in [4.78, 5) is 28.6. The number of Topliss-reactive ketones (excluding diaryl/α,β-unsaturated/α-hetero) is 1. The predicted octanol–water partition coefficient (Wildman–Crippen LogP) is 5.52. The van der Waals surface area contributed by atoms with Gasteiger partial charge in [-0.05, 0) is 30.0 Å². The SMILES string of the molecule is COc1cccc([C@@H]2CC(=O)N(c3ccccc3Cl)C3=C2C(=O)CC(C)(C)C3)c1OC. The van der Waals surface area contributed by atoms with Gasteiger partial charge in [-0.15, -0.1) is 0 Å². The van der Waals surface area contributed by atoms with Crippen molar-refractivity contribution >= 4 is 29.0 Å². The molecular weight excluding hydrogens is 414 g/mol. The second-order valence-electron chi connectivity index (χ2n) is 8.82. The number of para-hydroxylation sites is 2. The number of rotatable bonds is 4. The lowest BCUT2D eigenvalue weighted by atomic mass is 9.69. The maximum absolute atomic E-state index is 13.5. The van der Waals surface area contributed by atoms with Crippen LogP contribution in [0.4, 0.5) is 5.69 Å². The summed E-state index contributed by atoms with van der Waals surface area (Å²) in [6.45, 7) is 4.11. The highest BCUT2D eigenvalue weighted by molar-refractivity contribution is 6.34. The molecule has 31 heavy (non-hydrogen) atoms. The molecule has 1 heterocycles. The summed E-state index contributed by atoms with van der Waals surface area (Å²) in [5.74, 6) is 0.706. The second-order valence-corrected chi connectivity index (χ2v) is 9.23. The van der Waals surface area contributed by atoms with Crippen LogP contribution in [0.2, 0.25) is 5.02 Å². The summed E-state index contributed by atoms with van der Waals surface area (Å²) in [5, 5.41) is 0.482. The van der Waals surface area contributed by atoms with Crippen LogP contribution >= 0.6 is 11.6 Å². The Morgan fingerprint density at radius 1 is 1.00 bits per heavy atom. The molecule has 0 bridgehead atoms. The third kappa shape index (κ3) is 3.72. The topological polar surface area (TPSA) is 55.8 Å². The minimum absolute atomic E-state index is 0.0608. The molecule has 0 aromatic heterocycles. The first-order valence-corrected chi connectivity index (χ1v) is 10.7. The van der Waals surface area contributed by atoms with Crippen LogP contribution in [-0.2, 0) is 9.59 Å². The van der Waals surface area contributed by atoms with Gasteiger partial charge in [-0.1, -0.05) is 49.7 Å². The van der Waals surface area contributed by atoms with Gasteiger partial charge in [0.2, 0.25) is 5.91 Å². The minimum atomic E-state index is -0.394. The van der Waals surface area contributed by atoms with Gasteiger partial charge in [-0.2, -0.15) is 0 Å². The molecule has 5 nitrogen and oxygen atoms in total. The van der Waals surface area contributed by atoms with E-state index in [1.165, 1.54) is 0 Å². The van der Waals surface area contributed by atoms with Crippen molar-refractivity contribution in [1.29, 1.82) is 0 Å². The van der Waals surface area contributed by atoms with Gasteiger partial charge in [-0.3, -0.25) is 14.5 Å². The summed E-state index contributed by atoms with van der Waals surface area (Å²) in [6, 6.07) is 12.8. The zero-order valence-corrected chi connectivity index (χ0v) is 19.0.